The predicted octanol–water partition coefficient (Wildman–Crippen LogP) is 4.00. The Kier molecular flexibility index (Phi) is 4.59. The lowest BCUT2D eigenvalue weighted by Crippen LogP contribution is -2.25. The van der Waals surface area contributed by atoms with E-state index >= 15 is 0 Å². The van der Waals surface area contributed by atoms with Crippen molar-refractivity contribution in [2.75, 3.05) is 7.11 Å². The smallest absolute Gasteiger partial charge is 0.269 e. The van der Waals surface area contributed by atoms with Gasteiger partial charge in [0.25, 0.3) is 5.69 Å². The minimum absolute atomic E-state index is 0.0852. The quantitative estimate of drug-likeness (QED) is 0.495. The zero-order chi connectivity index (χ0) is 20.5. The fourth-order valence-corrected chi connectivity index (χ4v) is 3.32. The number of ether oxygens (including phenoxy) is 2. The Morgan fingerprint density at radius 1 is 1.14 bits per heavy atom. The second-order valence-corrected chi connectivity index (χ2v) is 6.45. The van der Waals surface area contributed by atoms with Crippen molar-refractivity contribution in [2.24, 2.45) is 5.10 Å². The van der Waals surface area contributed by atoms with Crippen LogP contribution in [0.2, 0.25) is 0 Å². The molecular formula is C21H17N3O5. The van der Waals surface area contributed by atoms with E-state index in [2.05, 4.69) is 5.10 Å². The normalized spacial score (nSPS) is 15.7. The molecule has 0 fully saturated rings. The monoisotopic (exact) mass is 391 g/mol. The van der Waals surface area contributed by atoms with Crippen molar-refractivity contribution in [1.82, 2.24) is 5.01 Å². The van der Waals surface area contributed by atoms with Gasteiger partial charge in [-0.15, -0.1) is 5.10 Å². The number of hydrazone groups is 1. The summed E-state index contributed by atoms with van der Waals surface area (Å²) in [7, 11) is 1.60. The topological polar surface area (TPSA) is 94.3 Å². The van der Waals surface area contributed by atoms with Gasteiger partial charge in [0.15, 0.2) is 0 Å². The van der Waals surface area contributed by atoms with E-state index in [1.54, 1.807) is 19.2 Å². The molecule has 1 amide bonds. The molecule has 29 heavy (non-hydrogen) atoms. The maximum atomic E-state index is 12.2. The third-order valence-corrected chi connectivity index (χ3v) is 4.67. The summed E-state index contributed by atoms with van der Waals surface area (Å²) in [4.78, 5) is 22.8. The van der Waals surface area contributed by atoms with Crippen LogP contribution >= 0.6 is 0 Å². The molecule has 8 heteroatoms. The van der Waals surface area contributed by atoms with E-state index in [1.807, 2.05) is 36.4 Å². The SMILES string of the molecule is COc1ccc(C2=NN(C(C)=O)C(c3cccc([N+](=O)[O-])c3)O2)c2ccccc12. The fraction of sp³-hybridized carbons (Fsp3) is 0.143. The maximum Gasteiger partial charge on any atom is 0.269 e. The van der Waals surface area contributed by atoms with Crippen molar-refractivity contribution in [3.05, 3.63) is 81.9 Å². The lowest BCUT2D eigenvalue weighted by molar-refractivity contribution is -0.385. The number of carbonyl (C=O) groups is 1. The molecule has 0 saturated carbocycles. The first-order valence-corrected chi connectivity index (χ1v) is 8.85. The first-order valence-electron chi connectivity index (χ1n) is 8.85. The summed E-state index contributed by atoms with van der Waals surface area (Å²) < 4.78 is 11.4. The van der Waals surface area contributed by atoms with Crippen molar-refractivity contribution in [2.45, 2.75) is 13.2 Å². The van der Waals surface area contributed by atoms with Gasteiger partial charge in [0.1, 0.15) is 5.75 Å². The molecule has 0 bridgehead atoms. The molecule has 0 N–H and O–H groups in total. The Hall–Kier alpha value is -3.94. The highest BCUT2D eigenvalue weighted by Crippen LogP contribution is 2.35. The number of hydrogen-bond acceptors (Lipinski definition) is 6. The molecular weight excluding hydrogens is 374 g/mol. The Bertz CT molecular complexity index is 1160. The zero-order valence-corrected chi connectivity index (χ0v) is 15.7. The van der Waals surface area contributed by atoms with Crippen LogP contribution in [0.15, 0.2) is 65.8 Å². The minimum atomic E-state index is -0.886. The Morgan fingerprint density at radius 2 is 1.90 bits per heavy atom. The third-order valence-electron chi connectivity index (χ3n) is 4.67. The molecule has 3 aromatic rings. The van der Waals surface area contributed by atoms with Gasteiger partial charge in [0.2, 0.25) is 18.0 Å². The molecule has 0 aromatic heterocycles. The first kappa shape index (κ1) is 18.4. The highest BCUT2D eigenvalue weighted by molar-refractivity contribution is 6.09. The summed E-state index contributed by atoms with van der Waals surface area (Å²) in [6.07, 6.45) is -0.886. The van der Waals surface area contributed by atoms with Crippen LogP contribution in [0.1, 0.15) is 24.3 Å². The number of rotatable bonds is 4. The number of nitrogens with zero attached hydrogens (tertiary/aromatic N) is 3. The van der Waals surface area contributed by atoms with E-state index in [4.69, 9.17) is 9.47 Å². The van der Waals surface area contributed by atoms with Gasteiger partial charge in [-0.3, -0.25) is 14.9 Å². The number of nitro benzene ring substituents is 1. The Labute approximate surface area is 166 Å². The van der Waals surface area contributed by atoms with Gasteiger partial charge in [0, 0.05) is 35.6 Å². The number of fused-ring (bicyclic) bond motifs is 1. The molecule has 1 heterocycles. The van der Waals surface area contributed by atoms with Crippen molar-refractivity contribution in [3.8, 4) is 5.75 Å². The number of carbonyl (C=O) groups excluding carboxylic acids is 1. The van der Waals surface area contributed by atoms with Gasteiger partial charge < -0.3 is 9.47 Å². The van der Waals surface area contributed by atoms with Gasteiger partial charge in [-0.1, -0.05) is 36.4 Å². The molecule has 1 unspecified atom stereocenters. The summed E-state index contributed by atoms with van der Waals surface area (Å²) in [5.74, 6) is 0.631. The lowest BCUT2D eigenvalue weighted by atomic mass is 10.0. The molecule has 0 spiro atoms. The van der Waals surface area contributed by atoms with E-state index in [0.717, 1.165) is 10.8 Å². The molecule has 0 aliphatic carbocycles. The number of benzene rings is 3. The van der Waals surface area contributed by atoms with Crippen molar-refractivity contribution in [3.63, 3.8) is 0 Å². The van der Waals surface area contributed by atoms with Crippen LogP contribution in [0.5, 0.6) is 5.75 Å². The Balaban J connectivity index is 1.79. The van der Waals surface area contributed by atoms with Crippen LogP contribution in [-0.2, 0) is 9.53 Å². The number of nitro groups is 1. The highest BCUT2D eigenvalue weighted by atomic mass is 16.6. The predicted molar refractivity (Wildman–Crippen MR) is 106 cm³/mol. The van der Waals surface area contributed by atoms with Crippen LogP contribution in [0.3, 0.4) is 0 Å². The summed E-state index contributed by atoms with van der Waals surface area (Å²) in [5.41, 5.74) is 1.07. The van der Waals surface area contributed by atoms with Crippen LogP contribution in [0.25, 0.3) is 10.8 Å². The van der Waals surface area contributed by atoms with Crippen LogP contribution in [0, 0.1) is 10.1 Å². The number of hydrogen-bond donors (Lipinski definition) is 0. The van der Waals surface area contributed by atoms with E-state index in [-0.39, 0.29) is 17.5 Å². The van der Waals surface area contributed by atoms with Crippen molar-refractivity contribution >= 4 is 28.3 Å². The van der Waals surface area contributed by atoms with E-state index < -0.39 is 11.2 Å². The van der Waals surface area contributed by atoms with Gasteiger partial charge >= 0.3 is 0 Å². The number of non-ortho nitro benzene ring substituents is 1. The largest absolute Gasteiger partial charge is 0.496 e. The lowest BCUT2D eigenvalue weighted by Gasteiger charge is -2.19. The highest BCUT2D eigenvalue weighted by Gasteiger charge is 2.34. The maximum absolute atomic E-state index is 12.2. The van der Waals surface area contributed by atoms with Crippen molar-refractivity contribution < 1.29 is 19.2 Å². The van der Waals surface area contributed by atoms with Gasteiger partial charge in [-0.05, 0) is 17.5 Å². The van der Waals surface area contributed by atoms with Gasteiger partial charge in [-0.25, -0.2) is 0 Å². The van der Waals surface area contributed by atoms with E-state index in [1.165, 1.54) is 24.1 Å². The molecule has 1 atom stereocenters. The molecule has 0 radical (unpaired) electrons. The summed E-state index contributed by atoms with van der Waals surface area (Å²) >= 11 is 0. The molecule has 4 rings (SSSR count). The second-order valence-electron chi connectivity index (χ2n) is 6.45. The van der Waals surface area contributed by atoms with Crippen LogP contribution < -0.4 is 4.74 Å². The van der Waals surface area contributed by atoms with E-state index in [9.17, 15) is 14.9 Å². The minimum Gasteiger partial charge on any atom is -0.496 e. The van der Waals surface area contributed by atoms with Crippen LogP contribution in [0.4, 0.5) is 5.69 Å². The molecule has 3 aromatic carbocycles. The standard InChI is InChI=1S/C21H17N3O5/c1-13(25)23-21(14-6-5-7-15(12-14)24(26)27)29-20(22-23)18-10-11-19(28-2)17-9-4-3-8-16(17)18/h3-12,21H,1-2H3. The molecule has 8 nitrogen and oxygen atoms in total. The fourth-order valence-electron chi connectivity index (χ4n) is 3.32. The Morgan fingerprint density at radius 3 is 2.59 bits per heavy atom. The molecule has 1 aliphatic heterocycles. The summed E-state index contributed by atoms with van der Waals surface area (Å²) in [5, 5.41) is 18.4. The molecule has 0 saturated heterocycles. The van der Waals surface area contributed by atoms with E-state index in [0.29, 0.717) is 16.9 Å². The van der Waals surface area contributed by atoms with Crippen LogP contribution in [-0.4, -0.2) is 28.8 Å². The zero-order valence-electron chi connectivity index (χ0n) is 15.7. The third kappa shape index (κ3) is 3.25. The first-order chi connectivity index (χ1) is 14.0. The second kappa shape index (κ2) is 7.23. The average molecular weight is 391 g/mol. The molecule has 1 aliphatic rings. The van der Waals surface area contributed by atoms with Crippen molar-refractivity contribution in [1.29, 1.82) is 0 Å². The summed E-state index contributed by atoms with van der Waals surface area (Å²) in [6, 6.07) is 17.2. The number of amides is 1. The summed E-state index contributed by atoms with van der Waals surface area (Å²) in [6.45, 7) is 1.37. The average Bonchev–Trinajstić information content (AvgIpc) is 3.18. The van der Waals surface area contributed by atoms with Gasteiger partial charge in [-0.2, -0.15) is 5.01 Å². The molecule has 146 valence electrons. The number of methoxy groups -OCH3 is 1. The van der Waals surface area contributed by atoms with Gasteiger partial charge in [0.05, 0.1) is 12.0 Å².